The van der Waals surface area contributed by atoms with Gasteiger partial charge in [-0.25, -0.2) is 0 Å². The molecule has 106 valence electrons. The van der Waals surface area contributed by atoms with E-state index in [0.717, 1.165) is 25.0 Å². The normalized spacial score (nSPS) is 21.0. The van der Waals surface area contributed by atoms with E-state index >= 15 is 0 Å². The molecular formula is C16H25NO2. The Labute approximate surface area is 115 Å². The van der Waals surface area contributed by atoms with E-state index < -0.39 is 0 Å². The first kappa shape index (κ1) is 14.4. The molecule has 2 rings (SSSR count). The Morgan fingerprint density at radius 3 is 2.74 bits per heavy atom. The minimum Gasteiger partial charge on any atom is -0.490 e. The van der Waals surface area contributed by atoms with Gasteiger partial charge in [-0.1, -0.05) is 32.0 Å². The summed E-state index contributed by atoms with van der Waals surface area (Å²) in [6.45, 7) is 4.99. The maximum absolute atomic E-state index is 9.77. The van der Waals surface area contributed by atoms with E-state index in [4.69, 9.17) is 10.5 Å². The number of rotatable bonds is 6. The van der Waals surface area contributed by atoms with E-state index in [1.807, 2.05) is 18.2 Å². The van der Waals surface area contributed by atoms with Crippen molar-refractivity contribution in [3.05, 3.63) is 29.8 Å². The second kappa shape index (κ2) is 5.93. The van der Waals surface area contributed by atoms with E-state index in [0.29, 0.717) is 12.5 Å². The molecule has 0 saturated carbocycles. The van der Waals surface area contributed by atoms with Crippen LogP contribution in [0.15, 0.2) is 24.3 Å². The first-order valence-corrected chi connectivity index (χ1v) is 7.14. The molecule has 0 saturated heterocycles. The van der Waals surface area contributed by atoms with Gasteiger partial charge in [-0.05, 0) is 30.4 Å². The zero-order valence-corrected chi connectivity index (χ0v) is 11.9. The maximum atomic E-state index is 9.77. The summed E-state index contributed by atoms with van der Waals surface area (Å²) in [4.78, 5) is 0. The van der Waals surface area contributed by atoms with Crippen molar-refractivity contribution >= 4 is 0 Å². The number of ether oxygens (including phenoxy) is 1. The van der Waals surface area contributed by atoms with Crippen LogP contribution in [0.2, 0.25) is 0 Å². The van der Waals surface area contributed by atoms with Gasteiger partial charge in [-0.15, -0.1) is 0 Å². The van der Waals surface area contributed by atoms with Crippen LogP contribution in [0.5, 0.6) is 5.75 Å². The van der Waals surface area contributed by atoms with Gasteiger partial charge in [0.05, 0.1) is 6.61 Å². The summed E-state index contributed by atoms with van der Waals surface area (Å²) in [5.74, 6) is 1.51. The molecule has 0 aromatic heterocycles. The molecule has 0 aliphatic carbocycles. The maximum Gasteiger partial charge on any atom is 0.123 e. The Hall–Kier alpha value is -1.06. The molecule has 0 amide bonds. The molecule has 1 heterocycles. The molecule has 2 unspecified atom stereocenters. The lowest BCUT2D eigenvalue weighted by Gasteiger charge is -2.34. The molecule has 1 aliphatic rings. The fraction of sp³-hybridized carbons (Fsp3) is 0.625. The van der Waals surface area contributed by atoms with Gasteiger partial charge >= 0.3 is 0 Å². The summed E-state index contributed by atoms with van der Waals surface area (Å²) in [6, 6.07) is 8.17. The molecule has 3 heteroatoms. The first-order valence-electron chi connectivity index (χ1n) is 7.14. The van der Waals surface area contributed by atoms with Crippen LogP contribution in [0.3, 0.4) is 0 Å². The van der Waals surface area contributed by atoms with E-state index in [1.54, 1.807) is 0 Å². The summed E-state index contributed by atoms with van der Waals surface area (Å²) in [5, 5.41) is 9.77. The standard InChI is InChI=1S/C16H25NO2/c1-12(2)8-16(10-17,11-18)9-14-7-13-5-3-4-6-15(13)19-14/h3-6,12,14,18H,7-11,17H2,1-2H3. The predicted octanol–water partition coefficient (Wildman–Crippen LogP) is 2.36. The Bertz CT molecular complexity index is 388. The van der Waals surface area contributed by atoms with Crippen LogP contribution in [-0.4, -0.2) is 24.4 Å². The van der Waals surface area contributed by atoms with Crippen molar-refractivity contribution in [2.24, 2.45) is 17.1 Å². The molecule has 1 aromatic carbocycles. The highest BCUT2D eigenvalue weighted by molar-refractivity contribution is 5.37. The molecular weight excluding hydrogens is 238 g/mol. The fourth-order valence-corrected chi connectivity index (χ4v) is 3.16. The first-order chi connectivity index (χ1) is 9.08. The molecule has 1 aromatic rings. The second-order valence-electron chi connectivity index (χ2n) is 6.22. The minimum atomic E-state index is -0.207. The summed E-state index contributed by atoms with van der Waals surface area (Å²) >= 11 is 0. The van der Waals surface area contributed by atoms with E-state index in [9.17, 15) is 5.11 Å². The van der Waals surface area contributed by atoms with Crippen LogP contribution < -0.4 is 10.5 Å². The van der Waals surface area contributed by atoms with Crippen molar-refractivity contribution in [2.75, 3.05) is 13.2 Å². The van der Waals surface area contributed by atoms with Gasteiger partial charge in [0.1, 0.15) is 11.9 Å². The van der Waals surface area contributed by atoms with E-state index in [-0.39, 0.29) is 18.1 Å². The molecule has 19 heavy (non-hydrogen) atoms. The van der Waals surface area contributed by atoms with Crippen molar-refractivity contribution in [3.8, 4) is 5.75 Å². The lowest BCUT2D eigenvalue weighted by molar-refractivity contribution is 0.0573. The van der Waals surface area contributed by atoms with Crippen LogP contribution in [0.1, 0.15) is 32.3 Å². The monoisotopic (exact) mass is 263 g/mol. The number of hydrogen-bond acceptors (Lipinski definition) is 3. The average molecular weight is 263 g/mol. The largest absolute Gasteiger partial charge is 0.490 e. The van der Waals surface area contributed by atoms with E-state index in [1.165, 1.54) is 5.56 Å². The van der Waals surface area contributed by atoms with Gasteiger partial charge in [-0.2, -0.15) is 0 Å². The van der Waals surface area contributed by atoms with Gasteiger partial charge in [0.25, 0.3) is 0 Å². The SMILES string of the molecule is CC(C)CC(CN)(CO)CC1Cc2ccccc2O1. The molecule has 0 fully saturated rings. The van der Waals surface area contributed by atoms with Crippen molar-refractivity contribution in [1.82, 2.24) is 0 Å². The number of nitrogens with two attached hydrogens (primary N) is 1. The Morgan fingerprint density at radius 1 is 1.42 bits per heavy atom. The third-order valence-electron chi connectivity index (χ3n) is 3.98. The molecule has 3 N–H and O–H groups in total. The van der Waals surface area contributed by atoms with Crippen molar-refractivity contribution < 1.29 is 9.84 Å². The Morgan fingerprint density at radius 2 is 2.16 bits per heavy atom. The Kier molecular flexibility index (Phi) is 4.48. The highest BCUT2D eigenvalue weighted by atomic mass is 16.5. The number of aliphatic hydroxyl groups excluding tert-OH is 1. The lowest BCUT2D eigenvalue weighted by atomic mass is 9.76. The zero-order chi connectivity index (χ0) is 13.9. The summed E-state index contributed by atoms with van der Waals surface area (Å²) in [5.41, 5.74) is 6.99. The third kappa shape index (κ3) is 3.28. The quantitative estimate of drug-likeness (QED) is 0.828. The third-order valence-corrected chi connectivity index (χ3v) is 3.98. The van der Waals surface area contributed by atoms with Crippen molar-refractivity contribution in [3.63, 3.8) is 0 Å². The predicted molar refractivity (Wildman–Crippen MR) is 77.2 cm³/mol. The second-order valence-corrected chi connectivity index (χ2v) is 6.22. The number of benzene rings is 1. The van der Waals surface area contributed by atoms with Gasteiger partial charge in [0.2, 0.25) is 0 Å². The highest BCUT2D eigenvalue weighted by Gasteiger charge is 2.35. The zero-order valence-electron chi connectivity index (χ0n) is 11.9. The van der Waals surface area contributed by atoms with Gasteiger partial charge in [0.15, 0.2) is 0 Å². The van der Waals surface area contributed by atoms with Crippen LogP contribution in [0, 0.1) is 11.3 Å². The van der Waals surface area contributed by atoms with Crippen molar-refractivity contribution in [2.45, 2.75) is 39.2 Å². The summed E-state index contributed by atoms with van der Waals surface area (Å²) in [6.07, 6.45) is 2.84. The summed E-state index contributed by atoms with van der Waals surface area (Å²) in [7, 11) is 0. The number of para-hydroxylation sites is 1. The van der Waals surface area contributed by atoms with Gasteiger partial charge in [-0.3, -0.25) is 0 Å². The lowest BCUT2D eigenvalue weighted by Crippen LogP contribution is -2.40. The van der Waals surface area contributed by atoms with Crippen LogP contribution in [-0.2, 0) is 6.42 Å². The van der Waals surface area contributed by atoms with Crippen LogP contribution >= 0.6 is 0 Å². The smallest absolute Gasteiger partial charge is 0.123 e. The Balaban J connectivity index is 2.04. The van der Waals surface area contributed by atoms with E-state index in [2.05, 4.69) is 19.9 Å². The highest BCUT2D eigenvalue weighted by Crippen LogP contribution is 2.37. The number of fused-ring (bicyclic) bond motifs is 1. The molecule has 1 aliphatic heterocycles. The number of aliphatic hydroxyl groups is 1. The molecule has 0 radical (unpaired) electrons. The molecule has 0 bridgehead atoms. The van der Waals surface area contributed by atoms with Gasteiger partial charge in [0, 0.05) is 18.4 Å². The molecule has 2 atom stereocenters. The number of hydrogen-bond donors (Lipinski definition) is 2. The fourth-order valence-electron chi connectivity index (χ4n) is 3.16. The van der Waals surface area contributed by atoms with Gasteiger partial charge < -0.3 is 15.6 Å². The topological polar surface area (TPSA) is 55.5 Å². The minimum absolute atomic E-state index is 0.137. The molecule has 0 spiro atoms. The van der Waals surface area contributed by atoms with Crippen LogP contribution in [0.25, 0.3) is 0 Å². The summed E-state index contributed by atoms with van der Waals surface area (Å²) < 4.78 is 5.98. The average Bonchev–Trinajstić information content (AvgIpc) is 2.79. The van der Waals surface area contributed by atoms with Crippen LogP contribution in [0.4, 0.5) is 0 Å². The van der Waals surface area contributed by atoms with Crippen molar-refractivity contribution in [1.29, 1.82) is 0 Å². The molecule has 3 nitrogen and oxygen atoms in total.